The van der Waals surface area contributed by atoms with Crippen molar-refractivity contribution in [3.63, 3.8) is 0 Å². The molecule has 0 atom stereocenters. The van der Waals surface area contributed by atoms with Gasteiger partial charge in [-0.3, -0.25) is 9.97 Å². The van der Waals surface area contributed by atoms with Gasteiger partial charge >= 0.3 is 0 Å². The molecule has 1 saturated carbocycles. The number of nitrogens with zero attached hydrogens (tertiary/aromatic N) is 4. The number of hydrogen-bond donors (Lipinski definition) is 1. The summed E-state index contributed by atoms with van der Waals surface area (Å²) >= 11 is 0. The van der Waals surface area contributed by atoms with Gasteiger partial charge in [0.05, 0.1) is 16.7 Å². The van der Waals surface area contributed by atoms with Crippen molar-refractivity contribution >= 4 is 22.6 Å². The zero-order valence-electron chi connectivity index (χ0n) is 16.6. The van der Waals surface area contributed by atoms with Crippen LogP contribution >= 0.6 is 0 Å². The Kier molecular flexibility index (Phi) is 4.89. The van der Waals surface area contributed by atoms with Crippen LogP contribution in [-0.4, -0.2) is 31.9 Å². The Labute approximate surface area is 173 Å². The number of nitrogens with one attached hydrogen (secondary N) is 1. The van der Waals surface area contributed by atoms with Crippen LogP contribution in [-0.2, 0) is 6.42 Å². The number of benzene rings is 1. The largest absolute Gasteiger partial charge is 0.351 e. The summed E-state index contributed by atoms with van der Waals surface area (Å²) in [5.74, 6) is -1.99. The molecular weight excluding hydrogens is 384 g/mol. The van der Waals surface area contributed by atoms with E-state index in [9.17, 15) is 8.78 Å². The first-order valence-corrected chi connectivity index (χ1v) is 10.5. The molecule has 3 aromatic rings. The average Bonchev–Trinajstić information content (AvgIpc) is 2.97. The smallest absolute Gasteiger partial charge is 0.248 e. The van der Waals surface area contributed by atoms with Crippen molar-refractivity contribution in [1.29, 1.82) is 0 Å². The summed E-state index contributed by atoms with van der Waals surface area (Å²) in [5, 5.41) is 3.27. The first kappa shape index (κ1) is 19.0. The van der Waals surface area contributed by atoms with E-state index in [1.165, 1.54) is 0 Å². The predicted octanol–water partition coefficient (Wildman–Crippen LogP) is 5.18. The van der Waals surface area contributed by atoms with E-state index in [4.69, 9.17) is 4.98 Å². The monoisotopic (exact) mass is 407 g/mol. The second-order valence-electron chi connectivity index (χ2n) is 8.10. The topological polar surface area (TPSA) is 63.6 Å². The van der Waals surface area contributed by atoms with E-state index in [0.717, 1.165) is 52.7 Å². The van der Waals surface area contributed by atoms with E-state index in [2.05, 4.69) is 38.5 Å². The van der Waals surface area contributed by atoms with Crippen LogP contribution in [0.25, 0.3) is 16.6 Å². The van der Waals surface area contributed by atoms with Gasteiger partial charge in [-0.2, -0.15) is 0 Å². The lowest BCUT2D eigenvalue weighted by molar-refractivity contribution is -0.0361. The maximum atomic E-state index is 13.4. The average molecular weight is 407 g/mol. The third-order valence-electron chi connectivity index (χ3n) is 5.95. The fourth-order valence-electron chi connectivity index (χ4n) is 4.30. The molecular formula is C23H23F2N5. The Morgan fingerprint density at radius 1 is 1.00 bits per heavy atom. The molecule has 2 heterocycles. The molecule has 0 saturated heterocycles. The van der Waals surface area contributed by atoms with E-state index in [1.54, 1.807) is 12.4 Å². The van der Waals surface area contributed by atoms with E-state index >= 15 is 0 Å². The van der Waals surface area contributed by atoms with E-state index in [-0.39, 0.29) is 18.9 Å². The first-order valence-electron chi connectivity index (χ1n) is 10.5. The van der Waals surface area contributed by atoms with Crippen molar-refractivity contribution in [2.45, 2.75) is 56.9 Å². The quantitative estimate of drug-likeness (QED) is 0.648. The lowest BCUT2D eigenvalue weighted by atomic mass is 9.92. The second kappa shape index (κ2) is 7.70. The molecule has 1 fully saturated rings. The maximum absolute atomic E-state index is 13.4. The van der Waals surface area contributed by atoms with E-state index in [0.29, 0.717) is 18.8 Å². The highest BCUT2D eigenvalue weighted by atomic mass is 19.3. The van der Waals surface area contributed by atoms with Gasteiger partial charge in [-0.15, -0.1) is 0 Å². The van der Waals surface area contributed by atoms with Crippen LogP contribution in [0.3, 0.4) is 0 Å². The molecule has 1 N–H and O–H groups in total. The minimum absolute atomic E-state index is 0.00234. The number of aryl methyl sites for hydroxylation is 1. The van der Waals surface area contributed by atoms with Crippen LogP contribution in [0.5, 0.6) is 0 Å². The summed E-state index contributed by atoms with van der Waals surface area (Å²) in [4.78, 5) is 18.1. The Morgan fingerprint density at radius 2 is 1.80 bits per heavy atom. The third-order valence-corrected chi connectivity index (χ3v) is 5.95. The number of fused-ring (bicyclic) bond motifs is 2. The van der Waals surface area contributed by atoms with Crippen LogP contribution in [0.15, 0.2) is 42.9 Å². The summed E-state index contributed by atoms with van der Waals surface area (Å²) in [5.41, 5.74) is 5.93. The zero-order chi connectivity index (χ0) is 20.6. The SMILES string of the molecule is FC1(F)CCC(Nc2ncc3c(n2)CCCC=C3c2ccc3nccnc3c2)CC1. The number of allylic oxidation sites excluding steroid dienone is 1. The number of anilines is 1. The molecule has 0 bridgehead atoms. The van der Waals surface area contributed by atoms with Crippen LogP contribution in [0, 0.1) is 0 Å². The van der Waals surface area contributed by atoms with Crippen molar-refractivity contribution in [1.82, 2.24) is 19.9 Å². The van der Waals surface area contributed by atoms with E-state index in [1.807, 2.05) is 12.3 Å². The van der Waals surface area contributed by atoms with Gasteiger partial charge in [0.2, 0.25) is 11.9 Å². The van der Waals surface area contributed by atoms with Crippen molar-refractivity contribution < 1.29 is 8.78 Å². The van der Waals surface area contributed by atoms with Crippen molar-refractivity contribution in [2.75, 3.05) is 5.32 Å². The summed E-state index contributed by atoms with van der Waals surface area (Å²) in [6, 6.07) is 6.10. The molecule has 0 aliphatic heterocycles. The Hall–Kier alpha value is -2.96. The lowest BCUT2D eigenvalue weighted by Crippen LogP contribution is -2.32. The summed E-state index contributed by atoms with van der Waals surface area (Å²) in [6.07, 6.45) is 11.1. The van der Waals surface area contributed by atoms with Crippen LogP contribution in [0.2, 0.25) is 0 Å². The molecule has 5 rings (SSSR count). The molecule has 5 nitrogen and oxygen atoms in total. The molecule has 30 heavy (non-hydrogen) atoms. The molecule has 0 unspecified atom stereocenters. The summed E-state index contributed by atoms with van der Waals surface area (Å²) in [6.45, 7) is 0. The Bertz CT molecular complexity index is 1100. The Morgan fingerprint density at radius 3 is 2.63 bits per heavy atom. The van der Waals surface area contributed by atoms with Gasteiger partial charge in [0.15, 0.2) is 0 Å². The van der Waals surface area contributed by atoms with Gasteiger partial charge in [0.25, 0.3) is 0 Å². The zero-order valence-corrected chi connectivity index (χ0v) is 16.6. The second-order valence-corrected chi connectivity index (χ2v) is 8.10. The Balaban J connectivity index is 1.42. The number of rotatable bonds is 3. The molecule has 0 spiro atoms. The molecule has 2 aliphatic rings. The predicted molar refractivity (Wildman–Crippen MR) is 112 cm³/mol. The van der Waals surface area contributed by atoms with Gasteiger partial charge in [-0.25, -0.2) is 18.7 Å². The highest BCUT2D eigenvalue weighted by molar-refractivity contribution is 5.86. The molecule has 7 heteroatoms. The van der Waals surface area contributed by atoms with Gasteiger partial charge in [-0.1, -0.05) is 12.1 Å². The highest BCUT2D eigenvalue weighted by Crippen LogP contribution is 2.35. The minimum atomic E-state index is -2.53. The third kappa shape index (κ3) is 3.88. The number of halogens is 2. The minimum Gasteiger partial charge on any atom is -0.351 e. The fraction of sp³-hybridized carbons (Fsp3) is 0.391. The molecule has 0 radical (unpaired) electrons. The first-order chi connectivity index (χ1) is 14.6. The van der Waals surface area contributed by atoms with Gasteiger partial charge in [0, 0.05) is 43.0 Å². The molecule has 1 aromatic carbocycles. The normalized spacial score (nSPS) is 19.1. The summed E-state index contributed by atoms with van der Waals surface area (Å²) in [7, 11) is 0. The molecule has 2 aromatic heterocycles. The number of aromatic nitrogens is 4. The summed E-state index contributed by atoms with van der Waals surface area (Å²) < 4.78 is 26.8. The van der Waals surface area contributed by atoms with Crippen molar-refractivity contribution in [3.8, 4) is 0 Å². The molecule has 154 valence electrons. The molecule has 2 aliphatic carbocycles. The van der Waals surface area contributed by atoms with Gasteiger partial charge < -0.3 is 5.32 Å². The standard InChI is InChI=1S/C23H23F2N5/c24-23(25)9-7-16(8-10-23)29-22-28-14-18-17(3-1-2-4-19(18)30-22)15-5-6-20-21(13-15)27-12-11-26-20/h3,5-6,11-14,16H,1-2,4,7-10H2,(H,28,29,30). The fourth-order valence-corrected chi connectivity index (χ4v) is 4.30. The van der Waals surface area contributed by atoms with Gasteiger partial charge in [0.1, 0.15) is 0 Å². The molecule has 0 amide bonds. The number of hydrogen-bond acceptors (Lipinski definition) is 5. The van der Waals surface area contributed by atoms with Crippen LogP contribution < -0.4 is 5.32 Å². The number of alkyl halides is 2. The van der Waals surface area contributed by atoms with E-state index < -0.39 is 5.92 Å². The van der Waals surface area contributed by atoms with Crippen molar-refractivity contribution in [2.24, 2.45) is 0 Å². The maximum Gasteiger partial charge on any atom is 0.248 e. The van der Waals surface area contributed by atoms with Crippen molar-refractivity contribution in [3.05, 3.63) is 59.7 Å². The lowest BCUT2D eigenvalue weighted by Gasteiger charge is -2.28. The van der Waals surface area contributed by atoms with Crippen LogP contribution in [0.1, 0.15) is 55.3 Å². The van der Waals surface area contributed by atoms with Gasteiger partial charge in [-0.05, 0) is 55.4 Å². The van der Waals surface area contributed by atoms with Crippen LogP contribution in [0.4, 0.5) is 14.7 Å². The highest BCUT2D eigenvalue weighted by Gasteiger charge is 2.35.